The molecule has 0 bridgehead atoms. The van der Waals surface area contributed by atoms with Crippen LogP contribution in [-0.4, -0.2) is 0 Å². The lowest BCUT2D eigenvalue weighted by Crippen LogP contribution is -3.00. The molecule has 1 aromatic rings. The van der Waals surface area contributed by atoms with Crippen LogP contribution in [0.1, 0.15) is 122 Å². The summed E-state index contributed by atoms with van der Waals surface area (Å²) in [6.07, 6.45) is 28.7. The van der Waals surface area contributed by atoms with E-state index >= 15 is 0 Å². The van der Waals surface area contributed by atoms with Crippen molar-refractivity contribution >= 4 is 0 Å². The van der Waals surface area contributed by atoms with Gasteiger partial charge in [-0.05, 0) is 18.9 Å². The summed E-state index contributed by atoms with van der Waals surface area (Å²) in [5.41, 5.74) is 1.45. The van der Waals surface area contributed by atoms with Crippen LogP contribution in [0.25, 0.3) is 0 Å². The summed E-state index contributed by atoms with van der Waals surface area (Å²) >= 11 is 0. The quantitative estimate of drug-likeness (QED) is 0.248. The second-order valence-corrected chi connectivity index (χ2v) is 8.11. The van der Waals surface area contributed by atoms with Gasteiger partial charge in [-0.2, -0.15) is 0 Å². The summed E-state index contributed by atoms with van der Waals surface area (Å²) in [7, 11) is 0. The van der Waals surface area contributed by atoms with Crippen molar-refractivity contribution in [1.29, 1.82) is 0 Å². The number of aromatic nitrogens is 1. The second-order valence-electron chi connectivity index (χ2n) is 8.11. The van der Waals surface area contributed by atoms with Crippen LogP contribution in [0.15, 0.2) is 24.5 Å². The van der Waals surface area contributed by atoms with E-state index in [0.29, 0.717) is 0 Å². The molecule has 1 heterocycles. The molecule has 0 atom stereocenters. The molecule has 1 nitrogen and oxygen atoms in total. The van der Waals surface area contributed by atoms with E-state index in [1.165, 1.54) is 115 Å². The minimum Gasteiger partial charge on any atom is -1.00 e. The highest BCUT2D eigenvalue weighted by Crippen LogP contribution is 2.13. The third kappa shape index (κ3) is 16.1. The van der Waals surface area contributed by atoms with E-state index in [0.717, 1.165) is 6.42 Å². The molecular weight excluding hydrogens is 350 g/mol. The first-order chi connectivity index (χ1) is 12.9. The second kappa shape index (κ2) is 20.2. The molecule has 0 aliphatic carbocycles. The van der Waals surface area contributed by atoms with Crippen LogP contribution >= 0.6 is 0 Å². The standard InChI is InChI=1S/C25H46N.ClH/c1-3-5-6-7-8-9-10-11-12-13-14-15-16-17-18-19-22-26-23-20-21-25(4-2)24-26;/h20-21,23-24H,3-19,22H2,1-2H3;1H/q+1;/p-1. The molecule has 1 rings (SSSR count). The highest BCUT2D eigenvalue weighted by Gasteiger charge is 2.01. The normalized spacial score (nSPS) is 10.7. The average molecular weight is 396 g/mol. The number of unbranched alkanes of at least 4 members (excludes halogenated alkanes) is 15. The largest absolute Gasteiger partial charge is 1.00 e. The van der Waals surface area contributed by atoms with E-state index < -0.39 is 0 Å². The first-order valence-corrected chi connectivity index (χ1v) is 11.8. The number of pyridine rings is 1. The van der Waals surface area contributed by atoms with Gasteiger partial charge in [-0.15, -0.1) is 0 Å². The average Bonchev–Trinajstić information content (AvgIpc) is 2.68. The molecule has 0 unspecified atom stereocenters. The maximum Gasteiger partial charge on any atom is 0.171 e. The van der Waals surface area contributed by atoms with Crippen molar-refractivity contribution in [3.8, 4) is 0 Å². The van der Waals surface area contributed by atoms with Crippen molar-refractivity contribution in [3.05, 3.63) is 30.1 Å². The molecule has 27 heavy (non-hydrogen) atoms. The zero-order valence-corrected chi connectivity index (χ0v) is 19.1. The molecule has 0 radical (unpaired) electrons. The lowest BCUT2D eigenvalue weighted by Gasteiger charge is -2.03. The number of rotatable bonds is 18. The van der Waals surface area contributed by atoms with Crippen LogP contribution < -0.4 is 17.0 Å². The van der Waals surface area contributed by atoms with Crippen LogP contribution in [0, 0.1) is 0 Å². The van der Waals surface area contributed by atoms with Crippen LogP contribution in [0.5, 0.6) is 0 Å². The maximum absolute atomic E-state index is 2.36. The fraction of sp³-hybridized carbons (Fsp3) is 0.800. The van der Waals surface area contributed by atoms with Gasteiger partial charge >= 0.3 is 0 Å². The molecule has 0 aromatic carbocycles. The van der Waals surface area contributed by atoms with Gasteiger partial charge < -0.3 is 12.4 Å². The van der Waals surface area contributed by atoms with E-state index in [2.05, 4.69) is 42.9 Å². The van der Waals surface area contributed by atoms with Crippen LogP contribution in [-0.2, 0) is 13.0 Å². The van der Waals surface area contributed by atoms with Crippen molar-refractivity contribution in [2.75, 3.05) is 0 Å². The monoisotopic (exact) mass is 395 g/mol. The topological polar surface area (TPSA) is 3.88 Å². The van der Waals surface area contributed by atoms with E-state index in [1.54, 1.807) is 0 Å². The SMILES string of the molecule is CCCCCCCCCCCCCCCCCC[n+]1cccc(CC)c1.[Cl-]. The smallest absolute Gasteiger partial charge is 0.171 e. The van der Waals surface area contributed by atoms with Gasteiger partial charge in [0.1, 0.15) is 6.54 Å². The minimum absolute atomic E-state index is 0. The molecule has 0 N–H and O–H groups in total. The van der Waals surface area contributed by atoms with Gasteiger partial charge in [0.2, 0.25) is 0 Å². The van der Waals surface area contributed by atoms with E-state index in [-0.39, 0.29) is 12.4 Å². The van der Waals surface area contributed by atoms with Crippen LogP contribution in [0.3, 0.4) is 0 Å². The number of hydrogen-bond donors (Lipinski definition) is 0. The summed E-state index contributed by atoms with van der Waals surface area (Å²) in [5, 5.41) is 0. The van der Waals surface area contributed by atoms with Crippen LogP contribution in [0.4, 0.5) is 0 Å². The molecule has 0 saturated carbocycles. The first-order valence-electron chi connectivity index (χ1n) is 11.8. The van der Waals surface area contributed by atoms with E-state index in [1.807, 2.05) is 0 Å². The first kappa shape index (κ1) is 26.4. The molecule has 1 aromatic heterocycles. The Balaban J connectivity index is 0.00000676. The third-order valence-corrected chi connectivity index (χ3v) is 5.60. The van der Waals surface area contributed by atoms with Crippen molar-refractivity contribution in [2.24, 2.45) is 0 Å². The summed E-state index contributed by atoms with van der Waals surface area (Å²) in [4.78, 5) is 0. The highest BCUT2D eigenvalue weighted by atomic mass is 35.5. The third-order valence-electron chi connectivity index (χ3n) is 5.60. The lowest BCUT2D eigenvalue weighted by atomic mass is 10.0. The number of nitrogens with zero attached hydrogens (tertiary/aromatic N) is 1. The van der Waals surface area contributed by atoms with Gasteiger partial charge in [0.05, 0.1) is 0 Å². The maximum atomic E-state index is 2.36. The fourth-order valence-corrected chi connectivity index (χ4v) is 3.77. The number of aryl methyl sites for hydroxylation is 2. The minimum atomic E-state index is 0. The molecule has 158 valence electrons. The summed E-state index contributed by atoms with van der Waals surface area (Å²) in [6, 6.07) is 4.41. The van der Waals surface area contributed by atoms with Crippen LogP contribution in [0.2, 0.25) is 0 Å². The van der Waals surface area contributed by atoms with Crippen molar-refractivity contribution in [1.82, 2.24) is 0 Å². The molecular formula is C25H46ClN. The Hall–Kier alpha value is -0.560. The zero-order chi connectivity index (χ0) is 18.7. The Morgan fingerprint density at radius 2 is 1.07 bits per heavy atom. The molecule has 0 aliphatic rings. The summed E-state index contributed by atoms with van der Waals surface area (Å²) < 4.78 is 2.36. The predicted octanol–water partition coefficient (Wildman–Crippen LogP) is 4.80. The summed E-state index contributed by atoms with van der Waals surface area (Å²) in [6.45, 7) is 5.71. The lowest BCUT2D eigenvalue weighted by molar-refractivity contribution is -0.697. The molecule has 0 spiro atoms. The van der Waals surface area contributed by atoms with E-state index in [9.17, 15) is 0 Å². The van der Waals surface area contributed by atoms with Crippen molar-refractivity contribution in [2.45, 2.75) is 130 Å². The predicted molar refractivity (Wildman–Crippen MR) is 116 cm³/mol. The Bertz CT molecular complexity index is 419. The van der Waals surface area contributed by atoms with Gasteiger partial charge in [0, 0.05) is 18.1 Å². The Morgan fingerprint density at radius 1 is 0.630 bits per heavy atom. The summed E-state index contributed by atoms with van der Waals surface area (Å²) in [5.74, 6) is 0. The highest BCUT2D eigenvalue weighted by molar-refractivity contribution is 5.04. The number of hydrogen-bond acceptors (Lipinski definition) is 0. The fourth-order valence-electron chi connectivity index (χ4n) is 3.77. The van der Waals surface area contributed by atoms with Crippen molar-refractivity contribution in [3.63, 3.8) is 0 Å². The molecule has 0 amide bonds. The van der Waals surface area contributed by atoms with E-state index in [4.69, 9.17) is 0 Å². The van der Waals surface area contributed by atoms with Gasteiger partial charge in [-0.1, -0.05) is 104 Å². The van der Waals surface area contributed by atoms with Gasteiger partial charge in [-0.3, -0.25) is 0 Å². The Labute approximate surface area is 176 Å². The van der Waals surface area contributed by atoms with Gasteiger partial charge in [-0.25, -0.2) is 4.57 Å². The Kier molecular flexibility index (Phi) is 19.8. The molecule has 0 fully saturated rings. The Morgan fingerprint density at radius 3 is 1.52 bits per heavy atom. The number of halogens is 1. The van der Waals surface area contributed by atoms with Gasteiger partial charge in [0.25, 0.3) is 0 Å². The van der Waals surface area contributed by atoms with Crippen molar-refractivity contribution < 1.29 is 17.0 Å². The molecule has 0 saturated heterocycles. The van der Waals surface area contributed by atoms with Gasteiger partial charge in [0.15, 0.2) is 12.4 Å². The molecule has 0 aliphatic heterocycles. The zero-order valence-electron chi connectivity index (χ0n) is 18.4. The molecule has 2 heteroatoms.